The minimum absolute atomic E-state index is 0.587. The van der Waals surface area contributed by atoms with Crippen LogP contribution in [0, 0.1) is 0 Å². The Morgan fingerprint density at radius 2 is 1.94 bits per heavy atom. The van der Waals surface area contributed by atoms with Crippen molar-refractivity contribution < 1.29 is 9.09 Å². The number of hydrogen-bond donors (Lipinski definition) is 0. The second-order valence-corrected chi connectivity index (χ2v) is 5.60. The van der Waals surface area contributed by atoms with E-state index in [1.54, 1.807) is 0 Å². The summed E-state index contributed by atoms with van der Waals surface area (Å²) in [5.41, 5.74) is 1.18. The number of benzene rings is 1. The fourth-order valence-corrected chi connectivity index (χ4v) is 2.51. The van der Waals surface area contributed by atoms with Gasteiger partial charge in [-0.1, -0.05) is 44.4 Å². The van der Waals surface area contributed by atoms with E-state index in [1.807, 2.05) is 30.3 Å². The molecule has 1 aromatic carbocycles. The third kappa shape index (κ3) is 5.57. The molecule has 1 atom stereocenters. The van der Waals surface area contributed by atoms with Crippen molar-refractivity contribution in [3.05, 3.63) is 42.5 Å². The van der Waals surface area contributed by atoms with E-state index in [-0.39, 0.29) is 0 Å². The molecule has 98 valence electrons. The van der Waals surface area contributed by atoms with Crippen molar-refractivity contribution in [1.82, 2.24) is 0 Å². The van der Waals surface area contributed by atoms with E-state index in [2.05, 4.69) is 13.5 Å². The molecular formula is C15H22O2P+. The average Bonchev–Trinajstić information content (AvgIpc) is 2.39. The van der Waals surface area contributed by atoms with Crippen LogP contribution >= 0.6 is 8.03 Å². The number of unbranched alkanes of at least 4 members (excludes halogenated alkanes) is 3. The minimum Gasteiger partial charge on any atom is -0.142 e. The standard InChI is InChI=1S/C15H22O2P/c1-3-5-6-7-13-17-18(16)15-11-9-14(8-4-2)10-12-15/h4,9-12H,2-3,5-8,13H2,1H3/q+1. The molecule has 0 aliphatic rings. The predicted octanol–water partition coefficient (Wildman–Crippen LogP) is 4.38. The first kappa shape index (κ1) is 15.1. The maximum Gasteiger partial charge on any atom is 0.548 e. The first-order valence-electron chi connectivity index (χ1n) is 6.58. The molecule has 0 aliphatic carbocycles. The Morgan fingerprint density at radius 3 is 2.56 bits per heavy atom. The number of allylic oxidation sites excluding steroid dienone is 1. The molecule has 0 aliphatic heterocycles. The Hall–Kier alpha value is -0.980. The maximum absolute atomic E-state index is 11.9. The average molecular weight is 265 g/mol. The summed E-state index contributed by atoms with van der Waals surface area (Å²) in [6.07, 6.45) is 7.27. The maximum atomic E-state index is 11.9. The highest BCUT2D eigenvalue weighted by atomic mass is 31.1. The van der Waals surface area contributed by atoms with E-state index >= 15 is 0 Å². The Labute approximate surface area is 111 Å². The molecule has 1 unspecified atom stereocenters. The van der Waals surface area contributed by atoms with Crippen LogP contribution in [0.15, 0.2) is 36.9 Å². The lowest BCUT2D eigenvalue weighted by Crippen LogP contribution is -1.99. The number of hydrogen-bond acceptors (Lipinski definition) is 2. The second-order valence-electron chi connectivity index (χ2n) is 4.31. The van der Waals surface area contributed by atoms with Crippen LogP contribution in [-0.2, 0) is 15.5 Å². The van der Waals surface area contributed by atoms with Gasteiger partial charge >= 0.3 is 8.03 Å². The van der Waals surface area contributed by atoms with Gasteiger partial charge in [-0.15, -0.1) is 11.1 Å². The van der Waals surface area contributed by atoms with Crippen molar-refractivity contribution in [3.63, 3.8) is 0 Å². The summed E-state index contributed by atoms with van der Waals surface area (Å²) in [6.45, 7) is 6.46. The highest BCUT2D eigenvalue weighted by Gasteiger charge is 2.21. The van der Waals surface area contributed by atoms with Crippen molar-refractivity contribution in [1.29, 1.82) is 0 Å². The monoisotopic (exact) mass is 265 g/mol. The Bertz CT molecular complexity index is 371. The summed E-state index contributed by atoms with van der Waals surface area (Å²) in [5, 5.41) is 0.772. The van der Waals surface area contributed by atoms with Gasteiger partial charge in [0.05, 0.1) is 0 Å². The molecule has 0 spiro atoms. The van der Waals surface area contributed by atoms with E-state index in [0.717, 1.165) is 24.6 Å². The fourth-order valence-electron chi connectivity index (χ4n) is 1.67. The van der Waals surface area contributed by atoms with Crippen LogP contribution in [0.1, 0.15) is 38.2 Å². The van der Waals surface area contributed by atoms with E-state index in [9.17, 15) is 4.57 Å². The molecule has 2 nitrogen and oxygen atoms in total. The third-order valence-electron chi connectivity index (χ3n) is 2.73. The normalized spacial score (nSPS) is 11.3. The van der Waals surface area contributed by atoms with Crippen molar-refractivity contribution >= 4 is 13.3 Å². The number of rotatable bonds is 9. The molecule has 0 radical (unpaired) electrons. The van der Waals surface area contributed by atoms with Crippen LogP contribution in [0.4, 0.5) is 0 Å². The lowest BCUT2D eigenvalue weighted by Gasteiger charge is -1.96. The smallest absolute Gasteiger partial charge is 0.142 e. The van der Waals surface area contributed by atoms with Gasteiger partial charge in [0.1, 0.15) is 6.61 Å². The molecule has 1 rings (SSSR count). The van der Waals surface area contributed by atoms with Crippen LogP contribution in [0.5, 0.6) is 0 Å². The predicted molar refractivity (Wildman–Crippen MR) is 77.7 cm³/mol. The molecule has 0 heterocycles. The molecule has 1 aromatic rings. The van der Waals surface area contributed by atoms with Gasteiger partial charge in [-0.05, 0) is 35.1 Å². The quantitative estimate of drug-likeness (QED) is 0.376. The Kier molecular flexibility index (Phi) is 7.55. The molecule has 0 fully saturated rings. The molecule has 0 amide bonds. The molecule has 0 N–H and O–H groups in total. The van der Waals surface area contributed by atoms with Crippen LogP contribution in [0.3, 0.4) is 0 Å². The van der Waals surface area contributed by atoms with Crippen molar-refractivity contribution in [3.8, 4) is 0 Å². The summed E-state index contributed by atoms with van der Waals surface area (Å²) in [6, 6.07) is 7.71. The summed E-state index contributed by atoms with van der Waals surface area (Å²) in [4.78, 5) is 0. The fraction of sp³-hybridized carbons (Fsp3) is 0.467. The van der Waals surface area contributed by atoms with Crippen LogP contribution in [0.25, 0.3) is 0 Å². The van der Waals surface area contributed by atoms with Crippen LogP contribution in [-0.4, -0.2) is 6.61 Å². The van der Waals surface area contributed by atoms with E-state index in [0.29, 0.717) is 6.61 Å². The first-order chi connectivity index (χ1) is 8.77. The lowest BCUT2D eigenvalue weighted by molar-refractivity contribution is 0.322. The minimum atomic E-state index is -1.69. The van der Waals surface area contributed by atoms with Gasteiger partial charge < -0.3 is 0 Å². The van der Waals surface area contributed by atoms with E-state index < -0.39 is 8.03 Å². The SMILES string of the molecule is C=CCc1ccc([P+](=O)OCCCCCC)cc1. The highest BCUT2D eigenvalue weighted by Crippen LogP contribution is 2.22. The first-order valence-corrected chi connectivity index (χ1v) is 7.75. The molecule has 0 saturated heterocycles. The zero-order valence-corrected chi connectivity index (χ0v) is 12.0. The van der Waals surface area contributed by atoms with Crippen LogP contribution < -0.4 is 5.30 Å². The summed E-state index contributed by atoms with van der Waals surface area (Å²) in [5.74, 6) is 0. The van der Waals surface area contributed by atoms with Crippen molar-refractivity contribution in [2.24, 2.45) is 0 Å². The Morgan fingerprint density at radius 1 is 1.22 bits per heavy atom. The summed E-state index contributed by atoms with van der Waals surface area (Å²) >= 11 is 0. The summed E-state index contributed by atoms with van der Waals surface area (Å²) in [7, 11) is -1.69. The second kappa shape index (κ2) is 9.02. The van der Waals surface area contributed by atoms with E-state index in [4.69, 9.17) is 4.52 Å². The Balaban J connectivity index is 2.34. The molecular weight excluding hydrogens is 243 g/mol. The molecule has 0 bridgehead atoms. The lowest BCUT2D eigenvalue weighted by atomic mass is 10.2. The zero-order valence-electron chi connectivity index (χ0n) is 11.1. The molecule has 18 heavy (non-hydrogen) atoms. The molecule has 0 aromatic heterocycles. The highest BCUT2D eigenvalue weighted by molar-refractivity contribution is 7.48. The molecule has 0 saturated carbocycles. The van der Waals surface area contributed by atoms with Crippen molar-refractivity contribution in [2.45, 2.75) is 39.0 Å². The van der Waals surface area contributed by atoms with Gasteiger partial charge in [0.25, 0.3) is 0 Å². The third-order valence-corrected chi connectivity index (χ3v) is 3.87. The van der Waals surface area contributed by atoms with Gasteiger partial charge in [-0.3, -0.25) is 0 Å². The van der Waals surface area contributed by atoms with Gasteiger partial charge in [0.2, 0.25) is 5.30 Å². The van der Waals surface area contributed by atoms with Gasteiger partial charge in [-0.25, -0.2) is 0 Å². The van der Waals surface area contributed by atoms with Gasteiger partial charge in [0.15, 0.2) is 0 Å². The van der Waals surface area contributed by atoms with Gasteiger partial charge in [0, 0.05) is 0 Å². The van der Waals surface area contributed by atoms with E-state index in [1.165, 1.54) is 18.4 Å². The largest absolute Gasteiger partial charge is 0.548 e. The zero-order chi connectivity index (χ0) is 13.2. The van der Waals surface area contributed by atoms with Crippen LogP contribution in [0.2, 0.25) is 0 Å². The van der Waals surface area contributed by atoms with Gasteiger partial charge in [-0.2, -0.15) is 0 Å². The summed E-state index contributed by atoms with van der Waals surface area (Å²) < 4.78 is 17.2. The van der Waals surface area contributed by atoms with Crippen molar-refractivity contribution in [2.75, 3.05) is 6.61 Å². The molecule has 3 heteroatoms. The topological polar surface area (TPSA) is 26.3 Å².